The van der Waals surface area contributed by atoms with Gasteiger partial charge in [0.2, 0.25) is 0 Å². The second-order valence-corrected chi connectivity index (χ2v) is 5.00. The summed E-state index contributed by atoms with van der Waals surface area (Å²) in [5.74, 6) is -1.17. The van der Waals surface area contributed by atoms with E-state index >= 15 is 0 Å². The predicted octanol–water partition coefficient (Wildman–Crippen LogP) is 3.86. The predicted molar refractivity (Wildman–Crippen MR) is 72.2 cm³/mol. The molecule has 1 N–H and O–H groups in total. The first-order valence-corrected chi connectivity index (χ1v) is 6.70. The number of hydrogen-bond acceptors (Lipinski definition) is 3. The molecule has 0 amide bonds. The molecule has 19 heavy (non-hydrogen) atoms. The summed E-state index contributed by atoms with van der Waals surface area (Å²) in [6, 6.07) is 7.57. The van der Waals surface area contributed by atoms with E-state index in [4.69, 9.17) is 16.7 Å². The van der Waals surface area contributed by atoms with Gasteiger partial charge in [-0.15, -0.1) is 11.8 Å². The van der Waals surface area contributed by atoms with Crippen molar-refractivity contribution in [3.05, 3.63) is 58.5 Å². The summed E-state index contributed by atoms with van der Waals surface area (Å²) >= 11 is 7.05. The van der Waals surface area contributed by atoms with Crippen molar-refractivity contribution in [2.24, 2.45) is 0 Å². The maximum Gasteiger partial charge on any atom is 0.338 e. The van der Waals surface area contributed by atoms with Crippen molar-refractivity contribution in [1.82, 2.24) is 4.98 Å². The zero-order valence-corrected chi connectivity index (χ0v) is 11.2. The first-order chi connectivity index (χ1) is 9.09. The molecule has 2 aromatic rings. The van der Waals surface area contributed by atoms with E-state index in [0.29, 0.717) is 16.3 Å². The number of rotatable bonds is 4. The van der Waals surface area contributed by atoms with Gasteiger partial charge in [0, 0.05) is 11.9 Å². The highest BCUT2D eigenvalue weighted by atomic mass is 35.5. The topological polar surface area (TPSA) is 50.2 Å². The van der Waals surface area contributed by atoms with E-state index < -0.39 is 11.8 Å². The van der Waals surface area contributed by atoms with E-state index in [2.05, 4.69) is 4.98 Å². The van der Waals surface area contributed by atoms with Crippen molar-refractivity contribution in [3.8, 4) is 0 Å². The Balaban J connectivity index is 2.19. The van der Waals surface area contributed by atoms with E-state index in [1.165, 1.54) is 30.1 Å². The van der Waals surface area contributed by atoms with Crippen LogP contribution in [0.5, 0.6) is 0 Å². The molecule has 0 aliphatic rings. The van der Waals surface area contributed by atoms with E-state index in [1.807, 2.05) is 0 Å². The lowest BCUT2D eigenvalue weighted by molar-refractivity contribution is 0.0692. The number of nitrogens with zero attached hydrogens (tertiary/aromatic N) is 1. The quantitative estimate of drug-likeness (QED) is 0.871. The third-order valence-electron chi connectivity index (χ3n) is 2.40. The fourth-order valence-corrected chi connectivity index (χ4v) is 2.73. The standard InChI is InChI=1S/C13H9ClFNO2S/c14-11-8(3-1-5-10(11)15)7-19-12-9(13(17)18)4-2-6-16-12/h1-6H,7H2,(H,17,18). The minimum absolute atomic E-state index is 0.0582. The second-order valence-electron chi connectivity index (χ2n) is 3.66. The molecule has 1 aromatic heterocycles. The maximum absolute atomic E-state index is 13.3. The number of aromatic nitrogens is 1. The molecular formula is C13H9ClFNO2S. The van der Waals surface area contributed by atoms with Crippen LogP contribution in [0.1, 0.15) is 15.9 Å². The SMILES string of the molecule is O=C(O)c1cccnc1SCc1cccc(F)c1Cl. The first-order valence-electron chi connectivity index (χ1n) is 5.33. The van der Waals surface area contributed by atoms with Crippen molar-refractivity contribution < 1.29 is 14.3 Å². The molecule has 0 aliphatic carbocycles. The van der Waals surface area contributed by atoms with Crippen LogP contribution in [0.2, 0.25) is 5.02 Å². The van der Waals surface area contributed by atoms with Crippen molar-refractivity contribution >= 4 is 29.3 Å². The van der Waals surface area contributed by atoms with Crippen LogP contribution in [-0.4, -0.2) is 16.1 Å². The normalized spacial score (nSPS) is 10.4. The van der Waals surface area contributed by atoms with Crippen LogP contribution < -0.4 is 0 Å². The highest BCUT2D eigenvalue weighted by molar-refractivity contribution is 7.98. The lowest BCUT2D eigenvalue weighted by Gasteiger charge is -2.06. The highest BCUT2D eigenvalue weighted by Crippen LogP contribution is 2.28. The van der Waals surface area contributed by atoms with Crippen LogP contribution in [0.25, 0.3) is 0 Å². The molecule has 0 unspecified atom stereocenters. The fraction of sp³-hybridized carbons (Fsp3) is 0.0769. The lowest BCUT2D eigenvalue weighted by atomic mass is 10.2. The Kier molecular flexibility index (Phi) is 4.39. The van der Waals surface area contributed by atoms with Gasteiger partial charge in [-0.05, 0) is 23.8 Å². The molecule has 0 saturated carbocycles. The number of carboxylic acid groups (broad SMARTS) is 1. The fourth-order valence-electron chi connectivity index (χ4n) is 1.47. The van der Waals surface area contributed by atoms with E-state index in [-0.39, 0.29) is 10.6 Å². The number of benzene rings is 1. The van der Waals surface area contributed by atoms with E-state index in [0.717, 1.165) is 0 Å². The average Bonchev–Trinajstić information content (AvgIpc) is 2.40. The molecular weight excluding hydrogens is 289 g/mol. The summed E-state index contributed by atoms with van der Waals surface area (Å²) < 4.78 is 13.3. The van der Waals surface area contributed by atoms with Crippen LogP contribution in [-0.2, 0) is 5.75 Å². The van der Waals surface area contributed by atoms with Gasteiger partial charge < -0.3 is 5.11 Å². The molecule has 0 radical (unpaired) electrons. The third kappa shape index (κ3) is 3.24. The van der Waals surface area contributed by atoms with Crippen molar-refractivity contribution in [2.75, 3.05) is 0 Å². The summed E-state index contributed by atoms with van der Waals surface area (Å²) in [5.41, 5.74) is 0.730. The Morgan fingerprint density at radius 1 is 1.37 bits per heavy atom. The van der Waals surface area contributed by atoms with Crippen LogP contribution >= 0.6 is 23.4 Å². The Morgan fingerprint density at radius 2 is 2.16 bits per heavy atom. The number of carbonyl (C=O) groups is 1. The van der Waals surface area contributed by atoms with Gasteiger partial charge >= 0.3 is 5.97 Å². The van der Waals surface area contributed by atoms with Gasteiger partial charge in [-0.3, -0.25) is 0 Å². The molecule has 0 atom stereocenters. The molecule has 0 bridgehead atoms. The highest BCUT2D eigenvalue weighted by Gasteiger charge is 2.12. The van der Waals surface area contributed by atoms with E-state index in [9.17, 15) is 9.18 Å². The Bertz CT molecular complexity index is 621. The summed E-state index contributed by atoms with van der Waals surface area (Å²) in [5, 5.41) is 9.46. The summed E-state index contributed by atoms with van der Waals surface area (Å²) in [4.78, 5) is 15.0. The maximum atomic E-state index is 13.3. The second kappa shape index (κ2) is 6.04. The Hall–Kier alpha value is -1.59. The molecule has 0 saturated heterocycles. The van der Waals surface area contributed by atoms with Crippen molar-refractivity contribution in [1.29, 1.82) is 0 Å². The van der Waals surface area contributed by atoms with Gasteiger partial charge in [-0.1, -0.05) is 23.7 Å². The first kappa shape index (κ1) is 13.8. The van der Waals surface area contributed by atoms with Crippen molar-refractivity contribution in [3.63, 3.8) is 0 Å². The number of thioether (sulfide) groups is 1. The molecule has 0 aliphatic heterocycles. The lowest BCUT2D eigenvalue weighted by Crippen LogP contribution is -2.00. The summed E-state index contributed by atoms with van der Waals surface area (Å²) in [6.07, 6.45) is 1.52. The van der Waals surface area contributed by atoms with Crippen LogP contribution in [0.4, 0.5) is 4.39 Å². The summed E-state index contributed by atoms with van der Waals surface area (Å²) in [6.45, 7) is 0. The minimum atomic E-state index is -1.04. The average molecular weight is 298 g/mol. The van der Waals surface area contributed by atoms with Gasteiger partial charge in [0.25, 0.3) is 0 Å². The number of aromatic carboxylic acids is 1. The summed E-state index contributed by atoms with van der Waals surface area (Å²) in [7, 11) is 0. The van der Waals surface area contributed by atoms with Crippen LogP contribution in [0, 0.1) is 5.82 Å². The van der Waals surface area contributed by atoms with Crippen molar-refractivity contribution in [2.45, 2.75) is 10.8 Å². The van der Waals surface area contributed by atoms with Crippen LogP contribution in [0.15, 0.2) is 41.6 Å². The van der Waals surface area contributed by atoms with Gasteiger partial charge in [-0.2, -0.15) is 0 Å². The molecule has 0 spiro atoms. The van der Waals surface area contributed by atoms with Gasteiger partial charge in [-0.25, -0.2) is 14.2 Å². The van der Waals surface area contributed by atoms with Crippen LogP contribution in [0.3, 0.4) is 0 Å². The largest absolute Gasteiger partial charge is 0.478 e. The molecule has 98 valence electrons. The Morgan fingerprint density at radius 3 is 2.89 bits per heavy atom. The number of pyridine rings is 1. The molecule has 3 nitrogen and oxygen atoms in total. The number of carboxylic acids is 1. The molecule has 2 rings (SSSR count). The zero-order valence-electron chi connectivity index (χ0n) is 9.64. The van der Waals surface area contributed by atoms with Gasteiger partial charge in [0.05, 0.1) is 10.6 Å². The van der Waals surface area contributed by atoms with E-state index in [1.54, 1.807) is 18.2 Å². The molecule has 1 aromatic carbocycles. The molecule has 0 fully saturated rings. The minimum Gasteiger partial charge on any atom is -0.478 e. The van der Waals surface area contributed by atoms with Gasteiger partial charge in [0.15, 0.2) is 0 Å². The zero-order chi connectivity index (χ0) is 13.8. The monoisotopic (exact) mass is 297 g/mol. The third-order valence-corrected chi connectivity index (χ3v) is 3.87. The molecule has 1 heterocycles. The van der Waals surface area contributed by atoms with Gasteiger partial charge in [0.1, 0.15) is 10.8 Å². The Labute approximate surface area is 118 Å². The number of hydrogen-bond donors (Lipinski definition) is 1. The molecule has 6 heteroatoms. The number of halogens is 2. The smallest absolute Gasteiger partial charge is 0.338 e.